The van der Waals surface area contributed by atoms with Gasteiger partial charge in [-0.15, -0.1) is 0 Å². The van der Waals surface area contributed by atoms with E-state index in [2.05, 4.69) is 23.5 Å². The van der Waals surface area contributed by atoms with Crippen LogP contribution >= 0.6 is 0 Å². The molecule has 2 heterocycles. The Balaban J connectivity index is 2.04. The minimum atomic E-state index is 0.689. The lowest BCUT2D eigenvalue weighted by molar-refractivity contribution is 0.615. The Kier molecular flexibility index (Phi) is 1.81. The van der Waals surface area contributed by atoms with E-state index in [1.165, 1.54) is 17.4 Å². The molecular weight excluding hydrogens is 174 g/mol. The summed E-state index contributed by atoms with van der Waals surface area (Å²) >= 11 is 0. The number of nitrogens with one attached hydrogen (secondary N) is 1. The summed E-state index contributed by atoms with van der Waals surface area (Å²) < 4.78 is 5.32. The van der Waals surface area contributed by atoms with Crippen LogP contribution in [0.2, 0.25) is 0 Å². The van der Waals surface area contributed by atoms with Gasteiger partial charge in [0.05, 0.1) is 6.26 Å². The van der Waals surface area contributed by atoms with Gasteiger partial charge in [-0.25, -0.2) is 0 Å². The second-order valence-corrected chi connectivity index (χ2v) is 3.91. The minimum Gasteiger partial charge on any atom is -0.464 e. The molecule has 1 aromatic heterocycles. The monoisotopic (exact) mass is 187 g/mol. The fraction of sp³-hybridized carbons (Fsp3) is 0.333. The molecule has 1 atom stereocenters. The summed E-state index contributed by atoms with van der Waals surface area (Å²) in [5, 5.41) is 4.61. The van der Waals surface area contributed by atoms with Crippen molar-refractivity contribution in [2.24, 2.45) is 0 Å². The van der Waals surface area contributed by atoms with Gasteiger partial charge >= 0.3 is 0 Å². The average molecular weight is 187 g/mol. The summed E-state index contributed by atoms with van der Waals surface area (Å²) in [7, 11) is 0. The minimum absolute atomic E-state index is 0.689. The van der Waals surface area contributed by atoms with Gasteiger partial charge in [-0.05, 0) is 42.6 Å². The second kappa shape index (κ2) is 3.14. The fourth-order valence-electron chi connectivity index (χ4n) is 2.18. The van der Waals surface area contributed by atoms with Gasteiger partial charge in [-0.3, -0.25) is 0 Å². The molecule has 1 saturated heterocycles. The second-order valence-electron chi connectivity index (χ2n) is 3.91. The highest BCUT2D eigenvalue weighted by Crippen LogP contribution is 2.26. The predicted octanol–water partition coefficient (Wildman–Crippen LogP) is 2.51. The summed E-state index contributed by atoms with van der Waals surface area (Å²) in [6.45, 7) is 2.26. The molecule has 0 aliphatic carbocycles. The molecule has 1 fully saturated rings. The first-order valence-electron chi connectivity index (χ1n) is 5.11. The van der Waals surface area contributed by atoms with E-state index in [-0.39, 0.29) is 0 Å². The van der Waals surface area contributed by atoms with Crippen LogP contribution in [0, 0.1) is 0 Å². The van der Waals surface area contributed by atoms with E-state index in [0.717, 1.165) is 18.7 Å². The Hall–Kier alpha value is -1.28. The van der Waals surface area contributed by atoms with E-state index in [1.807, 2.05) is 6.07 Å². The summed E-state index contributed by atoms with van der Waals surface area (Å²) in [4.78, 5) is 0. The normalized spacial score (nSPS) is 21.9. The van der Waals surface area contributed by atoms with Crippen LogP contribution in [0.25, 0.3) is 11.0 Å². The maximum absolute atomic E-state index is 5.32. The van der Waals surface area contributed by atoms with Crippen molar-refractivity contribution in [2.45, 2.75) is 12.3 Å². The molecule has 72 valence electrons. The van der Waals surface area contributed by atoms with Crippen molar-refractivity contribution in [3.8, 4) is 0 Å². The molecule has 0 spiro atoms. The zero-order valence-corrected chi connectivity index (χ0v) is 7.99. The van der Waals surface area contributed by atoms with Gasteiger partial charge in [-0.1, -0.05) is 6.07 Å². The maximum atomic E-state index is 5.32. The topological polar surface area (TPSA) is 25.2 Å². The van der Waals surface area contributed by atoms with Crippen LogP contribution in [-0.2, 0) is 0 Å². The van der Waals surface area contributed by atoms with Gasteiger partial charge in [0.25, 0.3) is 0 Å². The Morgan fingerprint density at radius 3 is 3.14 bits per heavy atom. The first-order chi connectivity index (χ1) is 6.93. The van der Waals surface area contributed by atoms with Crippen molar-refractivity contribution in [3.63, 3.8) is 0 Å². The first-order valence-corrected chi connectivity index (χ1v) is 5.11. The number of rotatable bonds is 1. The van der Waals surface area contributed by atoms with Crippen LogP contribution in [0.1, 0.15) is 17.9 Å². The van der Waals surface area contributed by atoms with Crippen LogP contribution in [0.4, 0.5) is 0 Å². The highest BCUT2D eigenvalue weighted by Gasteiger charge is 2.16. The molecule has 1 N–H and O–H groups in total. The highest BCUT2D eigenvalue weighted by atomic mass is 16.3. The number of hydrogen-bond acceptors (Lipinski definition) is 2. The molecule has 14 heavy (non-hydrogen) atoms. The quantitative estimate of drug-likeness (QED) is 0.742. The molecule has 0 amide bonds. The van der Waals surface area contributed by atoms with Gasteiger partial charge < -0.3 is 9.73 Å². The molecule has 2 heteroatoms. The van der Waals surface area contributed by atoms with E-state index in [4.69, 9.17) is 4.42 Å². The van der Waals surface area contributed by atoms with E-state index in [9.17, 15) is 0 Å². The van der Waals surface area contributed by atoms with Crippen LogP contribution in [0.15, 0.2) is 34.9 Å². The third kappa shape index (κ3) is 1.23. The van der Waals surface area contributed by atoms with Gasteiger partial charge in [-0.2, -0.15) is 0 Å². The molecule has 1 aliphatic rings. The Labute approximate surface area is 82.9 Å². The Morgan fingerprint density at radius 1 is 1.29 bits per heavy atom. The zero-order valence-electron chi connectivity index (χ0n) is 7.99. The summed E-state index contributed by atoms with van der Waals surface area (Å²) in [5.74, 6) is 0.689. The third-order valence-corrected chi connectivity index (χ3v) is 3.01. The number of benzene rings is 1. The molecule has 2 aromatic rings. The molecule has 1 aliphatic heterocycles. The fourth-order valence-corrected chi connectivity index (χ4v) is 2.18. The smallest absolute Gasteiger partial charge is 0.133 e. The van der Waals surface area contributed by atoms with Crippen molar-refractivity contribution in [1.82, 2.24) is 5.32 Å². The largest absolute Gasteiger partial charge is 0.464 e. The van der Waals surface area contributed by atoms with Gasteiger partial charge in [0.1, 0.15) is 5.58 Å². The molecule has 0 radical (unpaired) electrons. The van der Waals surface area contributed by atoms with Gasteiger partial charge in [0, 0.05) is 11.9 Å². The van der Waals surface area contributed by atoms with Crippen molar-refractivity contribution in [3.05, 3.63) is 36.1 Å². The molecule has 1 aromatic carbocycles. The zero-order chi connectivity index (χ0) is 9.38. The Morgan fingerprint density at radius 2 is 2.29 bits per heavy atom. The summed E-state index contributed by atoms with van der Waals surface area (Å²) in [6.07, 6.45) is 3.00. The summed E-state index contributed by atoms with van der Waals surface area (Å²) in [5.41, 5.74) is 2.42. The lowest BCUT2D eigenvalue weighted by Gasteiger charge is -2.07. The predicted molar refractivity (Wildman–Crippen MR) is 56.4 cm³/mol. The lowest BCUT2D eigenvalue weighted by Crippen LogP contribution is -2.07. The third-order valence-electron chi connectivity index (χ3n) is 3.01. The van der Waals surface area contributed by atoms with E-state index in [1.54, 1.807) is 6.26 Å². The molecule has 2 nitrogen and oxygen atoms in total. The number of hydrogen-bond donors (Lipinski definition) is 1. The van der Waals surface area contributed by atoms with E-state index in [0.29, 0.717) is 5.92 Å². The molecular formula is C12H13NO. The maximum Gasteiger partial charge on any atom is 0.133 e. The SMILES string of the molecule is c1cc2cc(C3CCNC3)ccc2o1. The van der Waals surface area contributed by atoms with Crippen molar-refractivity contribution < 1.29 is 4.42 Å². The van der Waals surface area contributed by atoms with E-state index >= 15 is 0 Å². The van der Waals surface area contributed by atoms with Crippen molar-refractivity contribution in [2.75, 3.05) is 13.1 Å². The molecule has 0 bridgehead atoms. The van der Waals surface area contributed by atoms with Crippen LogP contribution in [-0.4, -0.2) is 13.1 Å². The Bertz CT molecular complexity index is 440. The van der Waals surface area contributed by atoms with Crippen LogP contribution < -0.4 is 5.32 Å². The van der Waals surface area contributed by atoms with Gasteiger partial charge in [0.2, 0.25) is 0 Å². The van der Waals surface area contributed by atoms with Gasteiger partial charge in [0.15, 0.2) is 0 Å². The number of furan rings is 1. The number of fused-ring (bicyclic) bond motifs is 1. The first kappa shape index (κ1) is 8.06. The highest BCUT2D eigenvalue weighted by molar-refractivity contribution is 5.77. The average Bonchev–Trinajstić information content (AvgIpc) is 2.88. The van der Waals surface area contributed by atoms with E-state index < -0.39 is 0 Å². The van der Waals surface area contributed by atoms with Crippen molar-refractivity contribution in [1.29, 1.82) is 0 Å². The van der Waals surface area contributed by atoms with Crippen LogP contribution in [0.5, 0.6) is 0 Å². The lowest BCUT2D eigenvalue weighted by atomic mass is 9.97. The molecule has 0 saturated carbocycles. The van der Waals surface area contributed by atoms with Crippen molar-refractivity contribution >= 4 is 11.0 Å². The van der Waals surface area contributed by atoms with Crippen LogP contribution in [0.3, 0.4) is 0 Å². The summed E-state index contributed by atoms with van der Waals surface area (Å²) in [6, 6.07) is 8.53. The molecule has 3 rings (SSSR count). The molecule has 1 unspecified atom stereocenters. The standard InChI is InChI=1S/C12H13NO/c1-2-12-10(4-6-14-12)7-9(1)11-3-5-13-8-11/h1-2,4,6-7,11,13H,3,5,8H2.